The molecule has 2 N–H and O–H groups in total. The quantitative estimate of drug-likeness (QED) is 0.383. The minimum absolute atomic E-state index is 0.0321. The van der Waals surface area contributed by atoms with Crippen molar-refractivity contribution >= 4 is 6.03 Å². The van der Waals surface area contributed by atoms with E-state index in [4.69, 9.17) is 9.72 Å². The Morgan fingerprint density at radius 3 is 2.64 bits per heavy atom. The molecule has 2 aromatic carbocycles. The molecule has 44 heavy (non-hydrogen) atoms. The summed E-state index contributed by atoms with van der Waals surface area (Å²) in [6.07, 6.45) is 2.58. The van der Waals surface area contributed by atoms with Crippen molar-refractivity contribution in [2.24, 2.45) is 11.8 Å². The van der Waals surface area contributed by atoms with Gasteiger partial charge >= 0.3 is 6.03 Å². The number of piperidine rings is 1. The summed E-state index contributed by atoms with van der Waals surface area (Å²) in [5, 5.41) is 13.6. The fraction of sp³-hybridized carbons (Fsp3) is 0.515. The molecule has 0 radical (unpaired) electrons. The number of imidazole rings is 1. The highest BCUT2D eigenvalue weighted by Crippen LogP contribution is 2.39. The lowest BCUT2D eigenvalue weighted by Gasteiger charge is -2.43. The molecule has 3 aromatic rings. The van der Waals surface area contributed by atoms with Crippen molar-refractivity contribution in [3.63, 3.8) is 0 Å². The number of β-amino-alcohol motifs (C(OH)–C–C–N with tert-alkyl or cyclic N) is 1. The molecule has 3 aliphatic rings. The fourth-order valence-electron chi connectivity index (χ4n) is 6.79. The summed E-state index contributed by atoms with van der Waals surface area (Å²) in [7, 11) is 0. The number of aliphatic hydroxyl groups is 1. The van der Waals surface area contributed by atoms with E-state index in [1.165, 1.54) is 0 Å². The van der Waals surface area contributed by atoms with Gasteiger partial charge in [0.1, 0.15) is 23.6 Å². The van der Waals surface area contributed by atoms with E-state index in [0.717, 1.165) is 23.8 Å². The maximum Gasteiger partial charge on any atom is 0.320 e. The molecule has 3 saturated heterocycles. The van der Waals surface area contributed by atoms with E-state index >= 15 is 8.78 Å². The van der Waals surface area contributed by atoms with Crippen LogP contribution in [0.2, 0.25) is 0 Å². The van der Waals surface area contributed by atoms with Gasteiger partial charge in [-0.25, -0.2) is 22.9 Å². The molecular weight excluding hydrogens is 571 g/mol. The SMILES string of the molecule is O=C(N1CCCC(O)C1)N(CC1CNCC1F)C(c1nc(-c2cc(F)ccc2F)cn1Cc1ccccc1)C1CCOCC1. The second-order valence-corrected chi connectivity index (χ2v) is 12.2. The van der Waals surface area contributed by atoms with Crippen LogP contribution in [0.3, 0.4) is 0 Å². The van der Waals surface area contributed by atoms with E-state index in [9.17, 15) is 14.3 Å². The van der Waals surface area contributed by atoms with Crippen molar-refractivity contribution in [1.82, 2.24) is 24.7 Å². The van der Waals surface area contributed by atoms with Gasteiger partial charge in [0.2, 0.25) is 0 Å². The van der Waals surface area contributed by atoms with Gasteiger partial charge in [-0.1, -0.05) is 30.3 Å². The molecule has 0 bridgehead atoms. The molecule has 1 aromatic heterocycles. The molecule has 4 atom stereocenters. The number of aromatic nitrogens is 2. The normalized spacial score (nSPS) is 23.5. The topological polar surface area (TPSA) is 82.9 Å². The third-order valence-electron chi connectivity index (χ3n) is 9.12. The third-order valence-corrected chi connectivity index (χ3v) is 9.12. The van der Waals surface area contributed by atoms with Crippen LogP contribution in [0.1, 0.15) is 43.1 Å². The Morgan fingerprint density at radius 2 is 1.91 bits per heavy atom. The molecule has 3 fully saturated rings. The van der Waals surface area contributed by atoms with Crippen molar-refractivity contribution < 1.29 is 27.8 Å². The van der Waals surface area contributed by atoms with E-state index in [1.807, 2.05) is 34.9 Å². The number of halogens is 3. The Balaban J connectivity index is 1.48. The van der Waals surface area contributed by atoms with Crippen LogP contribution in [0.25, 0.3) is 11.3 Å². The number of nitrogens with one attached hydrogen (secondary N) is 1. The summed E-state index contributed by atoms with van der Waals surface area (Å²) in [6, 6.07) is 12.2. The molecule has 6 rings (SSSR count). The van der Waals surface area contributed by atoms with Gasteiger partial charge < -0.3 is 29.5 Å². The van der Waals surface area contributed by atoms with E-state index in [-0.39, 0.29) is 42.8 Å². The first-order chi connectivity index (χ1) is 21.4. The number of carbonyl (C=O) groups excluding carboxylic acids is 1. The Kier molecular flexibility index (Phi) is 9.53. The number of ether oxygens (including phenoxy) is 1. The number of likely N-dealkylation sites (tertiary alicyclic amines) is 1. The van der Waals surface area contributed by atoms with Crippen LogP contribution in [0, 0.1) is 23.5 Å². The Morgan fingerprint density at radius 1 is 1.11 bits per heavy atom. The summed E-state index contributed by atoms with van der Waals surface area (Å²) in [5.41, 5.74) is 1.27. The van der Waals surface area contributed by atoms with Crippen LogP contribution < -0.4 is 5.32 Å². The maximum atomic E-state index is 15.1. The van der Waals surface area contributed by atoms with Crippen molar-refractivity contribution in [1.29, 1.82) is 0 Å². The average Bonchev–Trinajstić information content (AvgIpc) is 3.64. The number of hydrogen-bond donors (Lipinski definition) is 2. The summed E-state index contributed by atoms with van der Waals surface area (Å²) >= 11 is 0. The van der Waals surface area contributed by atoms with Gasteiger partial charge in [-0.05, 0) is 55.4 Å². The molecule has 2 amide bonds. The largest absolute Gasteiger partial charge is 0.391 e. The first-order valence-electron chi connectivity index (χ1n) is 15.6. The van der Waals surface area contributed by atoms with Crippen LogP contribution in [-0.4, -0.2) is 88.7 Å². The maximum absolute atomic E-state index is 15.1. The molecule has 3 aliphatic heterocycles. The predicted molar refractivity (Wildman–Crippen MR) is 160 cm³/mol. The van der Waals surface area contributed by atoms with Gasteiger partial charge in [0, 0.05) is 70.2 Å². The van der Waals surface area contributed by atoms with E-state index in [2.05, 4.69) is 5.32 Å². The van der Waals surface area contributed by atoms with Gasteiger partial charge in [-0.15, -0.1) is 0 Å². The summed E-state index contributed by atoms with van der Waals surface area (Å²) in [5.74, 6) is -1.14. The van der Waals surface area contributed by atoms with Crippen LogP contribution in [0.15, 0.2) is 54.7 Å². The molecule has 11 heteroatoms. The average molecular weight is 612 g/mol. The first-order valence-corrected chi connectivity index (χ1v) is 15.6. The predicted octanol–water partition coefficient (Wildman–Crippen LogP) is 4.78. The lowest BCUT2D eigenvalue weighted by Crippen LogP contribution is -2.53. The number of aliphatic hydroxyl groups excluding tert-OH is 1. The number of carbonyl (C=O) groups is 1. The molecule has 4 unspecified atom stereocenters. The highest BCUT2D eigenvalue weighted by molar-refractivity contribution is 5.75. The standard InChI is InChI=1S/C33H40F3N5O3/c34-25-8-9-28(35)27(15-25)30-21-40(18-22-5-2-1-3-6-22)32(38-30)31(23-10-13-44-14-11-23)41(19-24-16-37-17-29(24)36)33(43)39-12-4-7-26(42)20-39/h1-3,5-6,8-9,15,21,23-24,26,29,31,37,42H,4,7,10-14,16-20H2. The molecule has 4 heterocycles. The Hall–Kier alpha value is -3.41. The Bertz CT molecular complexity index is 1420. The third kappa shape index (κ3) is 6.79. The molecule has 8 nitrogen and oxygen atoms in total. The zero-order chi connectivity index (χ0) is 30.6. The summed E-state index contributed by atoms with van der Waals surface area (Å²) in [4.78, 5) is 22.8. The molecule has 236 valence electrons. The number of amides is 2. The second kappa shape index (κ2) is 13.7. The van der Waals surface area contributed by atoms with Gasteiger partial charge in [-0.2, -0.15) is 0 Å². The van der Waals surface area contributed by atoms with Crippen molar-refractivity contribution in [3.8, 4) is 11.3 Å². The van der Waals surface area contributed by atoms with Gasteiger partial charge in [-0.3, -0.25) is 0 Å². The fourth-order valence-corrected chi connectivity index (χ4v) is 6.79. The smallest absolute Gasteiger partial charge is 0.320 e. The monoisotopic (exact) mass is 611 g/mol. The number of nitrogens with zero attached hydrogens (tertiary/aromatic N) is 4. The van der Waals surface area contributed by atoms with Crippen molar-refractivity contribution in [2.45, 2.75) is 50.5 Å². The number of alkyl halides is 1. The molecule has 0 spiro atoms. The number of hydrogen-bond acceptors (Lipinski definition) is 5. The number of urea groups is 1. The van der Waals surface area contributed by atoms with E-state index in [1.54, 1.807) is 16.0 Å². The zero-order valence-corrected chi connectivity index (χ0v) is 24.8. The van der Waals surface area contributed by atoms with Crippen LogP contribution in [0.4, 0.5) is 18.0 Å². The van der Waals surface area contributed by atoms with E-state index < -0.39 is 35.9 Å². The minimum Gasteiger partial charge on any atom is -0.391 e. The zero-order valence-electron chi connectivity index (χ0n) is 24.8. The van der Waals surface area contributed by atoms with Crippen molar-refractivity contribution in [2.75, 3.05) is 45.9 Å². The lowest BCUT2D eigenvalue weighted by molar-refractivity contribution is 0.0135. The van der Waals surface area contributed by atoms with E-state index in [0.29, 0.717) is 64.4 Å². The first kappa shape index (κ1) is 30.6. The van der Waals surface area contributed by atoms with Crippen LogP contribution >= 0.6 is 0 Å². The van der Waals surface area contributed by atoms with Crippen LogP contribution in [-0.2, 0) is 11.3 Å². The highest BCUT2D eigenvalue weighted by atomic mass is 19.1. The van der Waals surface area contributed by atoms with Gasteiger partial charge in [0.05, 0.1) is 17.8 Å². The van der Waals surface area contributed by atoms with Crippen molar-refractivity contribution in [3.05, 3.63) is 77.8 Å². The van der Waals surface area contributed by atoms with Gasteiger partial charge in [0.25, 0.3) is 0 Å². The van der Waals surface area contributed by atoms with Crippen LogP contribution in [0.5, 0.6) is 0 Å². The highest BCUT2D eigenvalue weighted by Gasteiger charge is 2.42. The molecule has 0 aliphatic carbocycles. The lowest BCUT2D eigenvalue weighted by atomic mass is 9.89. The van der Waals surface area contributed by atoms with Gasteiger partial charge in [0.15, 0.2) is 0 Å². The molecule has 0 saturated carbocycles. The summed E-state index contributed by atoms with van der Waals surface area (Å²) in [6.45, 7) is 2.92. The number of benzene rings is 2. The number of rotatable bonds is 8. The molecular formula is C33H40F3N5O3. The summed E-state index contributed by atoms with van der Waals surface area (Å²) < 4.78 is 52.2. The Labute approximate surface area is 255 Å². The minimum atomic E-state index is -1.12. The second-order valence-electron chi connectivity index (χ2n) is 12.2.